The Morgan fingerprint density at radius 3 is 1.97 bits per heavy atom. The summed E-state index contributed by atoms with van der Waals surface area (Å²) in [6, 6.07) is 10.9. The van der Waals surface area contributed by atoms with E-state index in [-0.39, 0.29) is 17.0 Å². The van der Waals surface area contributed by atoms with Crippen molar-refractivity contribution >= 4 is 0 Å². The summed E-state index contributed by atoms with van der Waals surface area (Å²) in [5, 5.41) is 0. The molecule has 1 aromatic heterocycles. The smallest absolute Gasteiger partial charge is 0.256 e. The Labute approximate surface area is 190 Å². The molecule has 0 radical (unpaired) electrons. The molecule has 0 unspecified atom stereocenters. The van der Waals surface area contributed by atoms with Gasteiger partial charge in [0.25, 0.3) is 5.82 Å². The standard InChI is InChI=1S/C26H43N2.BrH/c1-3-5-7-8-9-10-11-12-16-20-26-27(21-17-6-4-2)22-23-28(26)24-25-18-14-13-15-19-25;/h13-15,18-19,22-23H,3-12,16-17,20-21,24H2,1-2H3;1H/q+1;/p-1. The summed E-state index contributed by atoms with van der Waals surface area (Å²) in [5.41, 5.74) is 1.40. The van der Waals surface area contributed by atoms with Crippen LogP contribution in [-0.4, -0.2) is 4.57 Å². The number of hydrogen-bond acceptors (Lipinski definition) is 0. The lowest BCUT2D eigenvalue weighted by Gasteiger charge is -2.06. The van der Waals surface area contributed by atoms with Crippen molar-refractivity contribution in [3.63, 3.8) is 0 Å². The van der Waals surface area contributed by atoms with E-state index < -0.39 is 0 Å². The molecule has 0 aliphatic rings. The van der Waals surface area contributed by atoms with Crippen LogP contribution in [0.25, 0.3) is 0 Å². The first-order valence-electron chi connectivity index (χ1n) is 12.0. The van der Waals surface area contributed by atoms with E-state index in [1.165, 1.54) is 101 Å². The molecule has 0 fully saturated rings. The minimum atomic E-state index is 0. The highest BCUT2D eigenvalue weighted by Crippen LogP contribution is 2.12. The molecule has 29 heavy (non-hydrogen) atoms. The Balaban J connectivity index is 0.00000420. The van der Waals surface area contributed by atoms with Crippen LogP contribution in [0.3, 0.4) is 0 Å². The molecule has 3 heteroatoms. The summed E-state index contributed by atoms with van der Waals surface area (Å²) in [5.74, 6) is 1.52. The Kier molecular flexibility index (Phi) is 14.9. The molecule has 164 valence electrons. The second kappa shape index (κ2) is 16.7. The van der Waals surface area contributed by atoms with E-state index in [2.05, 4.69) is 65.7 Å². The molecule has 0 aliphatic carbocycles. The van der Waals surface area contributed by atoms with Crippen LogP contribution in [0.15, 0.2) is 42.7 Å². The molecule has 2 nitrogen and oxygen atoms in total. The molecular formula is C26H43BrN2. The van der Waals surface area contributed by atoms with Gasteiger partial charge in [0, 0.05) is 6.42 Å². The van der Waals surface area contributed by atoms with Gasteiger partial charge in [-0.2, -0.15) is 0 Å². The van der Waals surface area contributed by atoms with Crippen LogP contribution in [0.4, 0.5) is 0 Å². The second-order valence-electron chi connectivity index (χ2n) is 8.31. The highest BCUT2D eigenvalue weighted by Gasteiger charge is 2.16. The van der Waals surface area contributed by atoms with Crippen LogP contribution < -0.4 is 21.5 Å². The zero-order valence-corrected chi connectivity index (χ0v) is 20.5. The quantitative estimate of drug-likeness (QED) is 0.262. The number of hydrogen-bond donors (Lipinski definition) is 0. The van der Waals surface area contributed by atoms with Crippen molar-refractivity contribution in [2.24, 2.45) is 0 Å². The minimum Gasteiger partial charge on any atom is -1.00 e. The highest BCUT2D eigenvalue weighted by molar-refractivity contribution is 5.13. The molecule has 0 aliphatic heterocycles. The van der Waals surface area contributed by atoms with E-state index >= 15 is 0 Å². The van der Waals surface area contributed by atoms with E-state index in [9.17, 15) is 0 Å². The van der Waals surface area contributed by atoms with Crippen LogP contribution in [0, 0.1) is 0 Å². The molecule has 0 bridgehead atoms. The van der Waals surface area contributed by atoms with Gasteiger partial charge in [-0.05, 0) is 24.8 Å². The summed E-state index contributed by atoms with van der Waals surface area (Å²) in [6.07, 6.45) is 22.3. The van der Waals surface area contributed by atoms with Crippen molar-refractivity contribution in [2.45, 2.75) is 110 Å². The van der Waals surface area contributed by atoms with Gasteiger partial charge >= 0.3 is 0 Å². The number of unbranched alkanes of at least 4 members (excludes halogenated alkanes) is 10. The Morgan fingerprint density at radius 2 is 1.31 bits per heavy atom. The molecule has 2 rings (SSSR count). The summed E-state index contributed by atoms with van der Waals surface area (Å²) in [7, 11) is 0. The van der Waals surface area contributed by atoms with Gasteiger partial charge in [-0.3, -0.25) is 0 Å². The predicted octanol–water partition coefficient (Wildman–Crippen LogP) is 4.09. The number of rotatable bonds is 16. The van der Waals surface area contributed by atoms with Gasteiger partial charge in [0.05, 0.1) is 6.54 Å². The van der Waals surface area contributed by atoms with Crippen molar-refractivity contribution in [3.05, 3.63) is 54.1 Å². The van der Waals surface area contributed by atoms with Crippen LogP contribution in [0.2, 0.25) is 0 Å². The topological polar surface area (TPSA) is 8.81 Å². The molecule has 0 saturated carbocycles. The first kappa shape index (κ1) is 25.9. The van der Waals surface area contributed by atoms with E-state index in [1.807, 2.05) is 0 Å². The molecule has 1 aromatic carbocycles. The number of benzene rings is 1. The molecule has 0 N–H and O–H groups in total. The molecular weight excluding hydrogens is 420 g/mol. The van der Waals surface area contributed by atoms with Crippen LogP contribution in [0.1, 0.15) is 102 Å². The third-order valence-corrected chi connectivity index (χ3v) is 5.79. The van der Waals surface area contributed by atoms with Crippen molar-refractivity contribution < 1.29 is 21.5 Å². The fourth-order valence-electron chi connectivity index (χ4n) is 4.04. The van der Waals surface area contributed by atoms with Gasteiger partial charge in [0.2, 0.25) is 0 Å². The predicted molar refractivity (Wildman–Crippen MR) is 121 cm³/mol. The van der Waals surface area contributed by atoms with Gasteiger partial charge in [-0.15, -0.1) is 0 Å². The lowest BCUT2D eigenvalue weighted by Crippen LogP contribution is -3.00. The van der Waals surface area contributed by atoms with E-state index in [0.717, 1.165) is 6.54 Å². The Bertz CT molecular complexity index is 621. The van der Waals surface area contributed by atoms with Gasteiger partial charge in [0.15, 0.2) is 0 Å². The fourth-order valence-corrected chi connectivity index (χ4v) is 4.04. The maximum atomic E-state index is 2.52. The fraction of sp³-hybridized carbons (Fsp3) is 0.654. The average Bonchev–Trinajstić information content (AvgIpc) is 3.09. The van der Waals surface area contributed by atoms with Crippen LogP contribution in [0.5, 0.6) is 0 Å². The van der Waals surface area contributed by atoms with Crippen molar-refractivity contribution in [1.82, 2.24) is 4.57 Å². The molecule has 0 spiro atoms. The van der Waals surface area contributed by atoms with E-state index in [4.69, 9.17) is 0 Å². The van der Waals surface area contributed by atoms with Gasteiger partial charge < -0.3 is 17.0 Å². The lowest BCUT2D eigenvalue weighted by molar-refractivity contribution is -0.695. The first-order valence-corrected chi connectivity index (χ1v) is 12.0. The summed E-state index contributed by atoms with van der Waals surface area (Å²) >= 11 is 0. The maximum Gasteiger partial charge on any atom is 0.256 e. The first-order chi connectivity index (χ1) is 13.8. The molecule has 0 atom stereocenters. The maximum absolute atomic E-state index is 2.52. The molecule has 1 heterocycles. The van der Waals surface area contributed by atoms with E-state index in [1.54, 1.807) is 0 Å². The molecule has 2 aromatic rings. The van der Waals surface area contributed by atoms with Crippen molar-refractivity contribution in [1.29, 1.82) is 0 Å². The van der Waals surface area contributed by atoms with E-state index in [0.29, 0.717) is 0 Å². The summed E-state index contributed by atoms with van der Waals surface area (Å²) in [4.78, 5) is 0. The third kappa shape index (κ3) is 10.5. The van der Waals surface area contributed by atoms with Crippen LogP contribution >= 0.6 is 0 Å². The molecule has 0 amide bonds. The lowest BCUT2D eigenvalue weighted by atomic mass is 10.1. The minimum absolute atomic E-state index is 0. The third-order valence-electron chi connectivity index (χ3n) is 5.79. The molecule has 0 saturated heterocycles. The number of imidazole rings is 1. The second-order valence-corrected chi connectivity index (χ2v) is 8.31. The zero-order valence-electron chi connectivity index (χ0n) is 18.9. The van der Waals surface area contributed by atoms with Gasteiger partial charge in [-0.1, -0.05) is 102 Å². The van der Waals surface area contributed by atoms with Gasteiger partial charge in [-0.25, -0.2) is 9.13 Å². The summed E-state index contributed by atoms with van der Waals surface area (Å²) < 4.78 is 5.00. The highest BCUT2D eigenvalue weighted by atomic mass is 79.9. The number of aryl methyl sites for hydroxylation is 1. The number of nitrogens with zero attached hydrogens (tertiary/aromatic N) is 2. The number of aromatic nitrogens is 2. The zero-order chi connectivity index (χ0) is 19.9. The Hall–Kier alpha value is -1.09. The van der Waals surface area contributed by atoms with Crippen LogP contribution in [-0.2, 0) is 19.5 Å². The Morgan fingerprint density at radius 1 is 0.724 bits per heavy atom. The number of halogens is 1. The van der Waals surface area contributed by atoms with Crippen molar-refractivity contribution in [3.8, 4) is 0 Å². The monoisotopic (exact) mass is 462 g/mol. The normalized spacial score (nSPS) is 10.8. The average molecular weight is 464 g/mol. The summed E-state index contributed by atoms with van der Waals surface area (Å²) in [6.45, 7) is 6.74. The largest absolute Gasteiger partial charge is 1.00 e. The SMILES string of the molecule is CCCCCCCCCCCc1n(CCCCC)cc[n+]1Cc1ccccc1.[Br-]. The van der Waals surface area contributed by atoms with Crippen molar-refractivity contribution in [2.75, 3.05) is 0 Å². The van der Waals surface area contributed by atoms with Gasteiger partial charge in [0.1, 0.15) is 18.9 Å².